The fourth-order valence-corrected chi connectivity index (χ4v) is 2.86. The summed E-state index contributed by atoms with van der Waals surface area (Å²) in [5.41, 5.74) is 1.21. The molecule has 136 valence electrons. The number of para-hydroxylation sites is 2. The highest BCUT2D eigenvalue weighted by molar-refractivity contribution is 6.15. The molecule has 2 aromatic carbocycles. The van der Waals surface area contributed by atoms with E-state index < -0.39 is 9.85 Å². The number of nitrogens with one attached hydrogen (secondary N) is 1. The summed E-state index contributed by atoms with van der Waals surface area (Å²) in [6.07, 6.45) is 2.97. The summed E-state index contributed by atoms with van der Waals surface area (Å²) in [6, 6.07) is 12.3. The van der Waals surface area contributed by atoms with Crippen LogP contribution < -0.4 is 5.32 Å². The second-order valence-corrected chi connectivity index (χ2v) is 5.90. The van der Waals surface area contributed by atoms with Crippen LogP contribution in [0.25, 0.3) is 12.2 Å². The van der Waals surface area contributed by atoms with Gasteiger partial charge in [0.25, 0.3) is 11.4 Å². The summed E-state index contributed by atoms with van der Waals surface area (Å²) in [6.45, 7) is 0.526. The van der Waals surface area contributed by atoms with Crippen LogP contribution in [0.4, 0.5) is 11.4 Å². The number of nitro groups is 2. The average molecular weight is 365 g/mol. The van der Waals surface area contributed by atoms with E-state index in [1.54, 1.807) is 36.4 Å². The van der Waals surface area contributed by atoms with Crippen LogP contribution in [0.1, 0.15) is 11.1 Å². The van der Waals surface area contributed by atoms with Crippen LogP contribution >= 0.6 is 0 Å². The zero-order chi connectivity index (χ0) is 19.4. The standard InChI is InChI=1S/C19H15N3O5/c23-19-15(9-13-5-1-3-7-17(13)21(24)25)11-20-12-16(19)10-14-6-2-4-8-18(14)22(26)27/h1-10,20H,11-12H2/b15-9+,16-10+. The minimum Gasteiger partial charge on any atom is -0.308 e. The highest BCUT2D eigenvalue weighted by atomic mass is 16.6. The van der Waals surface area contributed by atoms with Crippen molar-refractivity contribution in [1.82, 2.24) is 5.32 Å². The van der Waals surface area contributed by atoms with Crippen LogP contribution in [0, 0.1) is 20.2 Å². The monoisotopic (exact) mass is 365 g/mol. The summed E-state index contributed by atoms with van der Waals surface area (Å²) in [4.78, 5) is 34.1. The van der Waals surface area contributed by atoms with Crippen molar-refractivity contribution in [2.75, 3.05) is 13.1 Å². The van der Waals surface area contributed by atoms with E-state index in [0.29, 0.717) is 22.3 Å². The maximum Gasteiger partial charge on any atom is 0.276 e. The Bertz CT molecular complexity index is 917. The first-order chi connectivity index (χ1) is 13.0. The Labute approximate surface area is 154 Å². The van der Waals surface area contributed by atoms with Crippen LogP contribution in [0.2, 0.25) is 0 Å². The third-order valence-corrected chi connectivity index (χ3v) is 4.14. The molecule has 1 aliphatic rings. The van der Waals surface area contributed by atoms with E-state index in [-0.39, 0.29) is 30.2 Å². The summed E-state index contributed by atoms with van der Waals surface area (Å²) in [5.74, 6) is -0.287. The van der Waals surface area contributed by atoms with Crippen LogP contribution in [0.3, 0.4) is 0 Å². The maximum atomic E-state index is 12.8. The first-order valence-corrected chi connectivity index (χ1v) is 8.11. The van der Waals surface area contributed by atoms with E-state index in [1.807, 2.05) is 0 Å². The molecule has 0 amide bonds. The maximum absolute atomic E-state index is 12.8. The first kappa shape index (κ1) is 18.2. The minimum absolute atomic E-state index is 0.0902. The molecule has 0 atom stereocenters. The van der Waals surface area contributed by atoms with Crippen LogP contribution in [0.5, 0.6) is 0 Å². The van der Waals surface area contributed by atoms with Gasteiger partial charge in [-0.05, 0) is 24.3 Å². The Hall–Kier alpha value is -3.65. The van der Waals surface area contributed by atoms with Gasteiger partial charge in [0.1, 0.15) is 0 Å². The Morgan fingerprint density at radius 2 is 1.19 bits per heavy atom. The number of hydrogen-bond acceptors (Lipinski definition) is 6. The van der Waals surface area contributed by atoms with Gasteiger partial charge in [0, 0.05) is 36.4 Å². The number of piperidine rings is 1. The largest absolute Gasteiger partial charge is 0.308 e. The molecule has 1 fully saturated rings. The molecule has 0 aromatic heterocycles. The van der Waals surface area contributed by atoms with Crippen LogP contribution in [0.15, 0.2) is 59.7 Å². The van der Waals surface area contributed by atoms with E-state index in [4.69, 9.17) is 0 Å². The number of hydrogen-bond donors (Lipinski definition) is 1. The number of carbonyl (C=O) groups excluding carboxylic acids is 1. The van der Waals surface area contributed by atoms with Crippen molar-refractivity contribution in [3.05, 3.63) is 91.0 Å². The minimum atomic E-state index is -0.503. The number of benzene rings is 2. The third-order valence-electron chi connectivity index (χ3n) is 4.14. The van der Waals surface area contributed by atoms with Crippen molar-refractivity contribution in [1.29, 1.82) is 0 Å². The first-order valence-electron chi connectivity index (χ1n) is 8.11. The molecule has 0 spiro atoms. The molecular weight excluding hydrogens is 350 g/mol. The molecule has 1 saturated heterocycles. The van der Waals surface area contributed by atoms with E-state index in [1.165, 1.54) is 24.3 Å². The second-order valence-electron chi connectivity index (χ2n) is 5.90. The van der Waals surface area contributed by atoms with Gasteiger partial charge in [-0.15, -0.1) is 0 Å². The van der Waals surface area contributed by atoms with Gasteiger partial charge in [-0.3, -0.25) is 25.0 Å². The summed E-state index contributed by atoms with van der Waals surface area (Å²) >= 11 is 0. The van der Waals surface area contributed by atoms with Crippen molar-refractivity contribution in [2.24, 2.45) is 0 Å². The van der Waals surface area contributed by atoms with Gasteiger partial charge in [0.2, 0.25) is 0 Å². The predicted octanol–water partition coefficient (Wildman–Crippen LogP) is 3.14. The second kappa shape index (κ2) is 7.71. The Kier molecular flexibility index (Phi) is 5.18. The van der Waals surface area contributed by atoms with Gasteiger partial charge < -0.3 is 5.32 Å². The van der Waals surface area contributed by atoms with Gasteiger partial charge in [-0.1, -0.05) is 24.3 Å². The number of Topliss-reactive ketones (excluding diaryl/α,β-unsaturated/α-hetero) is 1. The zero-order valence-electron chi connectivity index (χ0n) is 14.1. The molecule has 8 nitrogen and oxygen atoms in total. The number of carbonyl (C=O) groups is 1. The molecule has 0 bridgehead atoms. The topological polar surface area (TPSA) is 115 Å². The van der Waals surface area contributed by atoms with E-state index in [2.05, 4.69) is 5.32 Å². The summed E-state index contributed by atoms with van der Waals surface area (Å²) in [5, 5.41) is 25.4. The lowest BCUT2D eigenvalue weighted by atomic mass is 9.95. The van der Waals surface area contributed by atoms with Gasteiger partial charge in [0.05, 0.1) is 21.0 Å². The number of rotatable bonds is 4. The number of ketones is 1. The van der Waals surface area contributed by atoms with Crippen molar-refractivity contribution in [2.45, 2.75) is 0 Å². The lowest BCUT2D eigenvalue weighted by Crippen LogP contribution is -2.32. The van der Waals surface area contributed by atoms with Gasteiger partial charge in [-0.2, -0.15) is 0 Å². The number of nitro benzene ring substituents is 2. The van der Waals surface area contributed by atoms with Crippen molar-refractivity contribution < 1.29 is 14.6 Å². The SMILES string of the molecule is O=C1/C(=C/c2ccccc2[N+](=O)[O-])CNC/C1=C\c1ccccc1[N+](=O)[O-]. The van der Waals surface area contributed by atoms with E-state index >= 15 is 0 Å². The molecule has 3 rings (SSSR count). The molecule has 0 unspecified atom stereocenters. The van der Waals surface area contributed by atoms with Crippen molar-refractivity contribution in [3.63, 3.8) is 0 Å². The Balaban J connectivity index is 1.98. The average Bonchev–Trinajstić information content (AvgIpc) is 2.65. The number of nitrogens with zero attached hydrogens (tertiary/aromatic N) is 2. The molecule has 0 aliphatic carbocycles. The Morgan fingerprint density at radius 3 is 1.59 bits per heavy atom. The third kappa shape index (κ3) is 3.96. The molecular formula is C19H15N3O5. The lowest BCUT2D eigenvalue weighted by Gasteiger charge is -2.18. The highest BCUT2D eigenvalue weighted by Crippen LogP contribution is 2.25. The molecule has 8 heteroatoms. The zero-order valence-corrected chi connectivity index (χ0v) is 14.1. The lowest BCUT2D eigenvalue weighted by molar-refractivity contribution is -0.385. The predicted molar refractivity (Wildman–Crippen MR) is 100 cm³/mol. The van der Waals surface area contributed by atoms with E-state index in [9.17, 15) is 25.0 Å². The molecule has 1 heterocycles. The summed E-state index contributed by atoms with van der Waals surface area (Å²) in [7, 11) is 0. The molecule has 1 N–H and O–H groups in total. The van der Waals surface area contributed by atoms with Gasteiger partial charge in [0.15, 0.2) is 5.78 Å². The highest BCUT2D eigenvalue weighted by Gasteiger charge is 2.23. The fourth-order valence-electron chi connectivity index (χ4n) is 2.86. The molecule has 0 saturated carbocycles. The molecule has 27 heavy (non-hydrogen) atoms. The Morgan fingerprint density at radius 1 is 0.778 bits per heavy atom. The summed E-state index contributed by atoms with van der Waals surface area (Å²) < 4.78 is 0. The molecule has 0 radical (unpaired) electrons. The normalized spacial score (nSPS) is 17.3. The van der Waals surface area contributed by atoms with E-state index in [0.717, 1.165) is 0 Å². The molecule has 2 aromatic rings. The van der Waals surface area contributed by atoms with Crippen molar-refractivity contribution in [3.8, 4) is 0 Å². The van der Waals surface area contributed by atoms with Crippen LogP contribution in [-0.2, 0) is 4.79 Å². The van der Waals surface area contributed by atoms with Gasteiger partial charge >= 0.3 is 0 Å². The van der Waals surface area contributed by atoms with Crippen LogP contribution in [-0.4, -0.2) is 28.7 Å². The van der Waals surface area contributed by atoms with Crippen molar-refractivity contribution >= 4 is 29.3 Å². The quantitative estimate of drug-likeness (QED) is 0.505. The molecule has 1 aliphatic heterocycles. The smallest absolute Gasteiger partial charge is 0.276 e. The fraction of sp³-hybridized carbons (Fsp3) is 0.105. The van der Waals surface area contributed by atoms with Gasteiger partial charge in [-0.25, -0.2) is 0 Å².